The Kier molecular flexibility index (Phi) is 10.7. The summed E-state index contributed by atoms with van der Waals surface area (Å²) in [6.07, 6.45) is 7.60. The molecule has 0 rings (SSSR count). The van der Waals surface area contributed by atoms with Gasteiger partial charge in [-0.25, -0.2) is 0 Å². The third-order valence-electron chi connectivity index (χ3n) is 2.97. The van der Waals surface area contributed by atoms with E-state index in [1.165, 1.54) is 25.7 Å². The molecule has 0 aromatic heterocycles. The second kappa shape index (κ2) is 10.9. The molecule has 0 aliphatic heterocycles. The summed E-state index contributed by atoms with van der Waals surface area (Å²) in [5.74, 6) is 0.925. The van der Waals surface area contributed by atoms with E-state index in [2.05, 4.69) is 20.8 Å². The van der Waals surface area contributed by atoms with E-state index in [-0.39, 0.29) is 0 Å². The van der Waals surface area contributed by atoms with Gasteiger partial charge in [0.25, 0.3) is 0 Å². The van der Waals surface area contributed by atoms with Gasteiger partial charge in [0.1, 0.15) is 0 Å². The summed E-state index contributed by atoms with van der Waals surface area (Å²) >= 11 is 5.68. The zero-order valence-electron chi connectivity index (χ0n) is 11.7. The van der Waals surface area contributed by atoms with Crippen LogP contribution in [0.3, 0.4) is 0 Å². The maximum atomic E-state index is 12.0. The Bertz CT molecular complexity index is 195. The van der Waals surface area contributed by atoms with E-state index < -0.39 is 0 Å². The molecule has 0 unspecified atom stereocenters. The first kappa shape index (κ1) is 16.8. The fourth-order valence-electron chi connectivity index (χ4n) is 1.92. The minimum Gasteiger partial charge on any atom is -0.340 e. The fourth-order valence-corrected chi connectivity index (χ4v) is 2.04. The van der Waals surface area contributed by atoms with Gasteiger partial charge in [-0.05, 0) is 26.7 Å². The van der Waals surface area contributed by atoms with Crippen molar-refractivity contribution in [1.29, 1.82) is 0 Å². The number of halogens is 1. The van der Waals surface area contributed by atoms with E-state index in [0.29, 0.717) is 24.2 Å². The fraction of sp³-hybridized carbons (Fsp3) is 0.929. The lowest BCUT2D eigenvalue weighted by molar-refractivity contribution is -0.133. The van der Waals surface area contributed by atoms with Gasteiger partial charge in [-0.3, -0.25) is 4.79 Å². The molecule has 0 atom stereocenters. The largest absolute Gasteiger partial charge is 0.340 e. The van der Waals surface area contributed by atoms with Gasteiger partial charge < -0.3 is 4.90 Å². The van der Waals surface area contributed by atoms with Crippen LogP contribution >= 0.6 is 11.6 Å². The van der Waals surface area contributed by atoms with Gasteiger partial charge in [-0.1, -0.05) is 32.6 Å². The summed E-state index contributed by atoms with van der Waals surface area (Å²) in [4.78, 5) is 14.0. The highest BCUT2D eigenvalue weighted by Crippen LogP contribution is 2.09. The van der Waals surface area contributed by atoms with E-state index in [1.807, 2.05) is 4.90 Å². The van der Waals surface area contributed by atoms with Crippen molar-refractivity contribution in [3.05, 3.63) is 0 Å². The number of hydrogen-bond acceptors (Lipinski definition) is 1. The Balaban J connectivity index is 3.81. The summed E-state index contributed by atoms with van der Waals surface area (Å²) in [6.45, 7) is 7.15. The Labute approximate surface area is 112 Å². The number of hydrogen-bond donors (Lipinski definition) is 0. The van der Waals surface area contributed by atoms with Crippen molar-refractivity contribution in [3.8, 4) is 0 Å². The number of amides is 1. The zero-order chi connectivity index (χ0) is 13.1. The zero-order valence-corrected chi connectivity index (χ0v) is 12.4. The Morgan fingerprint density at radius 1 is 1.12 bits per heavy atom. The topological polar surface area (TPSA) is 20.3 Å². The molecule has 0 radical (unpaired) electrons. The maximum absolute atomic E-state index is 12.0. The number of carbonyl (C=O) groups excluding carboxylic acids is 1. The molecule has 0 saturated carbocycles. The van der Waals surface area contributed by atoms with Gasteiger partial charge in [-0.15, -0.1) is 11.6 Å². The van der Waals surface area contributed by atoms with Crippen molar-refractivity contribution in [2.75, 3.05) is 12.4 Å². The second-order valence-corrected chi connectivity index (χ2v) is 5.27. The van der Waals surface area contributed by atoms with Crippen LogP contribution < -0.4 is 0 Å². The van der Waals surface area contributed by atoms with Gasteiger partial charge >= 0.3 is 0 Å². The molecule has 3 heteroatoms. The summed E-state index contributed by atoms with van der Waals surface area (Å²) in [5.41, 5.74) is 0. The van der Waals surface area contributed by atoms with E-state index in [4.69, 9.17) is 11.6 Å². The van der Waals surface area contributed by atoms with Crippen LogP contribution in [0.5, 0.6) is 0 Å². The number of nitrogens with zero attached hydrogens (tertiary/aromatic N) is 1. The molecule has 0 N–H and O–H groups in total. The number of rotatable bonds is 10. The van der Waals surface area contributed by atoms with Gasteiger partial charge in [0.2, 0.25) is 5.91 Å². The van der Waals surface area contributed by atoms with Crippen LogP contribution in [0.4, 0.5) is 0 Å². The SMILES string of the molecule is CCCCCCCC(=O)N(CCCCl)C(C)C. The Morgan fingerprint density at radius 2 is 1.76 bits per heavy atom. The molecule has 0 aromatic rings. The van der Waals surface area contributed by atoms with Crippen LogP contribution in [0.1, 0.15) is 65.7 Å². The van der Waals surface area contributed by atoms with Crippen LogP contribution in [-0.4, -0.2) is 29.3 Å². The predicted molar refractivity (Wildman–Crippen MR) is 75.6 cm³/mol. The summed E-state index contributed by atoms with van der Waals surface area (Å²) in [7, 11) is 0. The highest BCUT2D eigenvalue weighted by Gasteiger charge is 2.15. The minimum atomic E-state index is 0.293. The molecule has 1 amide bonds. The normalized spacial score (nSPS) is 10.9. The lowest BCUT2D eigenvalue weighted by Crippen LogP contribution is -2.37. The lowest BCUT2D eigenvalue weighted by atomic mass is 10.1. The lowest BCUT2D eigenvalue weighted by Gasteiger charge is -2.26. The highest BCUT2D eigenvalue weighted by atomic mass is 35.5. The van der Waals surface area contributed by atoms with E-state index in [1.54, 1.807) is 0 Å². The molecule has 0 bridgehead atoms. The molecule has 0 aliphatic rings. The molecule has 0 spiro atoms. The first-order valence-corrected chi connectivity index (χ1v) is 7.52. The summed E-state index contributed by atoms with van der Waals surface area (Å²) in [6, 6.07) is 0.293. The van der Waals surface area contributed by atoms with Crippen LogP contribution in [0.15, 0.2) is 0 Å². The van der Waals surface area contributed by atoms with Gasteiger partial charge in [0.15, 0.2) is 0 Å². The molecular weight excluding hydrogens is 234 g/mol. The second-order valence-electron chi connectivity index (χ2n) is 4.89. The van der Waals surface area contributed by atoms with Crippen LogP contribution in [0.2, 0.25) is 0 Å². The first-order chi connectivity index (χ1) is 8.13. The van der Waals surface area contributed by atoms with Crippen molar-refractivity contribution in [2.45, 2.75) is 71.8 Å². The summed E-state index contributed by atoms with van der Waals surface area (Å²) in [5, 5.41) is 0. The van der Waals surface area contributed by atoms with Gasteiger partial charge in [-0.2, -0.15) is 0 Å². The van der Waals surface area contributed by atoms with E-state index in [0.717, 1.165) is 19.4 Å². The quantitative estimate of drug-likeness (QED) is 0.426. The Morgan fingerprint density at radius 3 is 2.29 bits per heavy atom. The molecule has 0 saturated heterocycles. The molecule has 2 nitrogen and oxygen atoms in total. The van der Waals surface area contributed by atoms with Crippen molar-refractivity contribution >= 4 is 17.5 Å². The molecule has 0 aromatic carbocycles. The van der Waals surface area contributed by atoms with E-state index >= 15 is 0 Å². The number of unbranched alkanes of at least 4 members (excludes halogenated alkanes) is 4. The average Bonchev–Trinajstić information content (AvgIpc) is 2.29. The van der Waals surface area contributed by atoms with Crippen LogP contribution in [0, 0.1) is 0 Å². The highest BCUT2D eigenvalue weighted by molar-refractivity contribution is 6.17. The van der Waals surface area contributed by atoms with Crippen molar-refractivity contribution < 1.29 is 4.79 Å². The molecule has 0 fully saturated rings. The molecule has 17 heavy (non-hydrogen) atoms. The number of alkyl halides is 1. The van der Waals surface area contributed by atoms with Crippen LogP contribution in [0.25, 0.3) is 0 Å². The van der Waals surface area contributed by atoms with Crippen molar-refractivity contribution in [1.82, 2.24) is 4.90 Å². The molecule has 102 valence electrons. The predicted octanol–water partition coefficient (Wildman–Crippen LogP) is 4.21. The maximum Gasteiger partial charge on any atom is 0.222 e. The number of carbonyl (C=O) groups is 1. The van der Waals surface area contributed by atoms with E-state index in [9.17, 15) is 4.79 Å². The molecule has 0 aliphatic carbocycles. The summed E-state index contributed by atoms with van der Waals surface area (Å²) < 4.78 is 0. The average molecular weight is 262 g/mol. The first-order valence-electron chi connectivity index (χ1n) is 6.98. The Hall–Kier alpha value is -0.240. The smallest absolute Gasteiger partial charge is 0.222 e. The van der Waals surface area contributed by atoms with Crippen molar-refractivity contribution in [3.63, 3.8) is 0 Å². The van der Waals surface area contributed by atoms with Crippen molar-refractivity contribution in [2.24, 2.45) is 0 Å². The molecular formula is C14H28ClNO. The van der Waals surface area contributed by atoms with Gasteiger partial charge in [0.05, 0.1) is 0 Å². The monoisotopic (exact) mass is 261 g/mol. The third-order valence-corrected chi connectivity index (χ3v) is 3.24. The standard InChI is InChI=1S/C14H28ClNO/c1-4-5-6-7-8-10-14(17)16(13(2)3)12-9-11-15/h13H,4-12H2,1-3H3. The third kappa shape index (κ3) is 8.48. The molecule has 0 heterocycles. The van der Waals surface area contributed by atoms with Crippen LogP contribution in [-0.2, 0) is 4.79 Å². The minimum absolute atomic E-state index is 0.293. The van der Waals surface area contributed by atoms with Gasteiger partial charge in [0, 0.05) is 24.9 Å².